The van der Waals surface area contributed by atoms with E-state index in [9.17, 15) is 14.4 Å². The second kappa shape index (κ2) is 9.19. The molecule has 8 heteroatoms. The third-order valence-corrected chi connectivity index (χ3v) is 4.05. The Hall–Kier alpha value is -2.61. The lowest BCUT2D eigenvalue weighted by molar-refractivity contribution is -0.159. The van der Waals surface area contributed by atoms with Crippen LogP contribution >= 0.6 is 0 Å². The summed E-state index contributed by atoms with van der Waals surface area (Å²) in [7, 11) is 0. The molecule has 26 heavy (non-hydrogen) atoms. The first-order valence-electron chi connectivity index (χ1n) is 8.53. The smallest absolute Gasteiger partial charge is 0.334 e. The van der Waals surface area contributed by atoms with Crippen LogP contribution in [-0.4, -0.2) is 60.2 Å². The van der Waals surface area contributed by atoms with Gasteiger partial charge >= 0.3 is 5.97 Å². The average molecular weight is 364 g/mol. The van der Waals surface area contributed by atoms with Gasteiger partial charge in [-0.05, 0) is 13.0 Å². The van der Waals surface area contributed by atoms with Gasteiger partial charge in [-0.3, -0.25) is 9.59 Å². The zero-order valence-electron chi connectivity index (χ0n) is 14.9. The number of carbonyl (C=O) groups is 3. The molecule has 8 nitrogen and oxygen atoms in total. The van der Waals surface area contributed by atoms with Crippen LogP contribution in [0.25, 0.3) is 0 Å². The average Bonchev–Trinajstić information content (AvgIpc) is 2.61. The van der Waals surface area contributed by atoms with Crippen molar-refractivity contribution in [3.63, 3.8) is 0 Å². The zero-order valence-corrected chi connectivity index (χ0v) is 14.9. The Bertz CT molecular complexity index is 663. The fourth-order valence-electron chi connectivity index (χ4n) is 2.87. The number of amides is 2. The van der Waals surface area contributed by atoms with E-state index in [1.165, 1.54) is 11.8 Å². The molecule has 142 valence electrons. The zero-order chi connectivity index (χ0) is 19.1. The second-order valence-electron chi connectivity index (χ2n) is 5.97. The molecule has 0 radical (unpaired) electrons. The van der Waals surface area contributed by atoms with E-state index in [1.807, 2.05) is 19.1 Å². The van der Waals surface area contributed by atoms with Crippen molar-refractivity contribution in [1.29, 1.82) is 0 Å². The molecular weight excluding hydrogens is 340 g/mol. The number of ether oxygens (including phenoxy) is 2. The largest absolute Gasteiger partial charge is 0.494 e. The molecule has 1 heterocycles. The maximum atomic E-state index is 12.7. The number of hydrogen-bond donors (Lipinski definition) is 2. The van der Waals surface area contributed by atoms with E-state index in [0.29, 0.717) is 24.5 Å². The fourth-order valence-corrected chi connectivity index (χ4v) is 2.87. The topological polar surface area (TPSA) is 105 Å². The number of carboxylic acids is 1. The highest BCUT2D eigenvalue weighted by molar-refractivity contribution is 5.81. The van der Waals surface area contributed by atoms with Gasteiger partial charge in [-0.25, -0.2) is 4.79 Å². The van der Waals surface area contributed by atoms with Crippen LogP contribution in [0.15, 0.2) is 24.3 Å². The summed E-state index contributed by atoms with van der Waals surface area (Å²) >= 11 is 0. The minimum atomic E-state index is -1.09. The van der Waals surface area contributed by atoms with Crippen LogP contribution < -0.4 is 10.1 Å². The summed E-state index contributed by atoms with van der Waals surface area (Å²) in [6.07, 6.45) is -1.02. The number of carbonyl (C=O) groups excluding carboxylic acids is 2. The summed E-state index contributed by atoms with van der Waals surface area (Å²) in [5.74, 6) is -1.00. The van der Waals surface area contributed by atoms with Gasteiger partial charge in [0, 0.05) is 19.0 Å². The molecule has 0 aliphatic carbocycles. The van der Waals surface area contributed by atoms with Gasteiger partial charge in [0.25, 0.3) is 0 Å². The second-order valence-corrected chi connectivity index (χ2v) is 5.97. The number of nitrogens with one attached hydrogen (secondary N) is 1. The molecule has 0 spiro atoms. The lowest BCUT2D eigenvalue weighted by atomic mass is 10.0. The number of para-hydroxylation sites is 1. The minimum absolute atomic E-state index is 0.00589. The summed E-state index contributed by atoms with van der Waals surface area (Å²) < 4.78 is 10.7. The van der Waals surface area contributed by atoms with Gasteiger partial charge in [-0.15, -0.1) is 0 Å². The lowest BCUT2D eigenvalue weighted by Crippen LogP contribution is -2.49. The minimum Gasteiger partial charge on any atom is -0.494 e. The molecule has 0 saturated carbocycles. The number of hydrogen-bond acceptors (Lipinski definition) is 5. The molecule has 1 aromatic carbocycles. The van der Waals surface area contributed by atoms with Crippen molar-refractivity contribution in [3.8, 4) is 5.75 Å². The molecule has 1 aliphatic heterocycles. The van der Waals surface area contributed by atoms with Crippen LogP contribution in [-0.2, 0) is 19.1 Å². The summed E-state index contributed by atoms with van der Waals surface area (Å²) in [5, 5.41) is 11.9. The third-order valence-electron chi connectivity index (χ3n) is 4.05. The van der Waals surface area contributed by atoms with Gasteiger partial charge in [0.1, 0.15) is 5.75 Å². The Morgan fingerprint density at radius 2 is 2.12 bits per heavy atom. The molecule has 2 amide bonds. The molecule has 2 atom stereocenters. The van der Waals surface area contributed by atoms with E-state index in [1.54, 1.807) is 12.1 Å². The van der Waals surface area contributed by atoms with Crippen LogP contribution in [0, 0.1) is 0 Å². The molecule has 1 aliphatic rings. The molecule has 0 bridgehead atoms. The first-order valence-corrected chi connectivity index (χ1v) is 8.53. The van der Waals surface area contributed by atoms with Crippen molar-refractivity contribution in [1.82, 2.24) is 10.2 Å². The van der Waals surface area contributed by atoms with Crippen LogP contribution in [0.1, 0.15) is 31.9 Å². The SMILES string of the molecule is CCOc1ccccc1C(CC(=O)N1CCOC(C(=O)O)C1)NC(C)=O. The molecular formula is C18H24N2O6. The lowest BCUT2D eigenvalue weighted by Gasteiger charge is -2.32. The van der Waals surface area contributed by atoms with E-state index in [4.69, 9.17) is 14.6 Å². The van der Waals surface area contributed by atoms with Crippen LogP contribution in [0.5, 0.6) is 5.75 Å². The quantitative estimate of drug-likeness (QED) is 0.747. The van der Waals surface area contributed by atoms with Gasteiger partial charge in [0.15, 0.2) is 6.10 Å². The van der Waals surface area contributed by atoms with Gasteiger partial charge in [0.2, 0.25) is 11.8 Å². The third kappa shape index (κ3) is 5.19. The fraction of sp³-hybridized carbons (Fsp3) is 0.500. The van der Waals surface area contributed by atoms with Crippen molar-refractivity contribution in [2.24, 2.45) is 0 Å². The Kier molecular flexibility index (Phi) is 6.97. The predicted octanol–water partition coefficient (Wildman–Crippen LogP) is 0.965. The van der Waals surface area contributed by atoms with Crippen molar-refractivity contribution < 1.29 is 29.0 Å². The van der Waals surface area contributed by atoms with Gasteiger partial charge < -0.3 is 24.8 Å². The Labute approximate surface area is 152 Å². The van der Waals surface area contributed by atoms with Crippen LogP contribution in [0.4, 0.5) is 0 Å². The highest BCUT2D eigenvalue weighted by Crippen LogP contribution is 2.28. The normalized spacial score (nSPS) is 18.1. The van der Waals surface area contributed by atoms with E-state index >= 15 is 0 Å². The predicted molar refractivity (Wildman–Crippen MR) is 92.7 cm³/mol. The summed E-state index contributed by atoms with van der Waals surface area (Å²) in [6.45, 7) is 4.19. The first kappa shape index (κ1) is 19.7. The number of aliphatic carboxylic acids is 1. The van der Waals surface area contributed by atoms with Crippen molar-refractivity contribution in [2.75, 3.05) is 26.3 Å². The van der Waals surface area contributed by atoms with Crippen molar-refractivity contribution in [3.05, 3.63) is 29.8 Å². The molecule has 2 N–H and O–H groups in total. The van der Waals surface area contributed by atoms with Crippen molar-refractivity contribution in [2.45, 2.75) is 32.4 Å². The molecule has 2 unspecified atom stereocenters. The van der Waals surface area contributed by atoms with Crippen molar-refractivity contribution >= 4 is 17.8 Å². The molecule has 2 rings (SSSR count). The molecule has 1 saturated heterocycles. The molecule has 1 fully saturated rings. The Balaban J connectivity index is 2.16. The van der Waals surface area contributed by atoms with Crippen LogP contribution in [0.3, 0.4) is 0 Å². The number of nitrogens with zero attached hydrogens (tertiary/aromatic N) is 1. The highest BCUT2D eigenvalue weighted by atomic mass is 16.5. The van der Waals surface area contributed by atoms with E-state index in [2.05, 4.69) is 5.32 Å². The number of carboxylic acid groups (broad SMARTS) is 1. The first-order chi connectivity index (χ1) is 12.4. The number of rotatable bonds is 7. The Morgan fingerprint density at radius 3 is 2.77 bits per heavy atom. The standard InChI is InChI=1S/C18H24N2O6/c1-3-25-15-7-5-4-6-13(15)14(19-12(2)21)10-17(22)20-8-9-26-16(11-20)18(23)24/h4-7,14,16H,3,8-11H2,1-2H3,(H,19,21)(H,23,24). The summed E-state index contributed by atoms with van der Waals surface area (Å²) in [6, 6.07) is 6.66. The molecule has 1 aromatic rings. The van der Waals surface area contributed by atoms with E-state index < -0.39 is 18.1 Å². The number of morpholine rings is 1. The van der Waals surface area contributed by atoms with E-state index in [-0.39, 0.29) is 31.4 Å². The maximum Gasteiger partial charge on any atom is 0.334 e. The maximum absolute atomic E-state index is 12.7. The summed E-state index contributed by atoms with van der Waals surface area (Å²) in [4.78, 5) is 36.9. The highest BCUT2D eigenvalue weighted by Gasteiger charge is 2.31. The monoisotopic (exact) mass is 364 g/mol. The van der Waals surface area contributed by atoms with Gasteiger partial charge in [-0.1, -0.05) is 18.2 Å². The Morgan fingerprint density at radius 1 is 1.38 bits per heavy atom. The van der Waals surface area contributed by atoms with E-state index in [0.717, 1.165) is 0 Å². The van der Waals surface area contributed by atoms with Gasteiger partial charge in [0.05, 0.1) is 32.2 Å². The van der Waals surface area contributed by atoms with Crippen LogP contribution in [0.2, 0.25) is 0 Å². The summed E-state index contributed by atoms with van der Waals surface area (Å²) in [5.41, 5.74) is 0.709. The molecule has 0 aromatic heterocycles. The number of benzene rings is 1. The van der Waals surface area contributed by atoms with Gasteiger partial charge in [-0.2, -0.15) is 0 Å².